The minimum absolute atomic E-state index is 0. The van der Waals surface area contributed by atoms with Crippen molar-refractivity contribution in [3.8, 4) is 0 Å². The first-order chi connectivity index (χ1) is 14.7. The van der Waals surface area contributed by atoms with Crippen LogP contribution >= 0.6 is 0 Å². The highest BCUT2D eigenvalue weighted by molar-refractivity contribution is 5.08. The van der Waals surface area contributed by atoms with Crippen LogP contribution in [0.15, 0.2) is 24.5 Å². The largest absolute Gasteiger partial charge is 0.396 e. The summed E-state index contributed by atoms with van der Waals surface area (Å²) in [6.07, 6.45) is 16.0. The van der Waals surface area contributed by atoms with Gasteiger partial charge in [-0.25, -0.2) is 0 Å². The molecule has 0 radical (unpaired) electrons. The van der Waals surface area contributed by atoms with Gasteiger partial charge in [0.05, 0.1) is 0 Å². The third-order valence-corrected chi connectivity index (χ3v) is 4.57. The van der Waals surface area contributed by atoms with Crippen molar-refractivity contribution in [2.75, 3.05) is 45.9 Å². The number of aryl methyl sites for hydroxylation is 1. The molecule has 0 aliphatic carbocycles. The molecule has 0 aromatic carbocycles. The molecule has 0 bridgehead atoms. The van der Waals surface area contributed by atoms with Crippen molar-refractivity contribution in [2.45, 2.75) is 85.5 Å². The number of nitrogens with two attached hydrogens (primary N) is 3. The molecule has 6 nitrogen and oxygen atoms in total. The lowest BCUT2D eigenvalue weighted by Gasteiger charge is -2.25. The maximum absolute atomic E-state index is 7.88. The van der Waals surface area contributed by atoms with E-state index in [2.05, 4.69) is 22.9 Å². The van der Waals surface area contributed by atoms with Gasteiger partial charge in [0.15, 0.2) is 0 Å². The molecule has 7 N–H and O–H groups in total. The molecule has 2 rings (SSSR count). The van der Waals surface area contributed by atoms with E-state index in [4.69, 9.17) is 22.3 Å². The monoisotopic (exact) mass is 441 g/mol. The van der Waals surface area contributed by atoms with E-state index in [-0.39, 0.29) is 7.43 Å². The van der Waals surface area contributed by atoms with Gasteiger partial charge in [0.1, 0.15) is 0 Å². The second kappa shape index (κ2) is 31.1. The minimum atomic E-state index is 0. The number of nitrogens with zero attached hydrogens (tertiary/aromatic N) is 2. The fourth-order valence-corrected chi connectivity index (χ4v) is 2.78. The zero-order valence-corrected chi connectivity index (χ0v) is 19.9. The predicted octanol–water partition coefficient (Wildman–Crippen LogP) is 3.95. The quantitative estimate of drug-likeness (QED) is 0.409. The Morgan fingerprint density at radius 2 is 1.52 bits per heavy atom. The zero-order chi connectivity index (χ0) is 22.7. The fraction of sp³-hybridized carbons (Fsp3) is 0.800. The number of aromatic nitrogens is 1. The van der Waals surface area contributed by atoms with E-state index in [1.165, 1.54) is 63.6 Å². The van der Waals surface area contributed by atoms with Crippen LogP contribution in [-0.4, -0.2) is 60.9 Å². The fourth-order valence-electron chi connectivity index (χ4n) is 2.78. The summed E-state index contributed by atoms with van der Waals surface area (Å²) in [4.78, 5) is 6.51. The molecule has 0 spiro atoms. The van der Waals surface area contributed by atoms with Crippen LogP contribution in [0.1, 0.15) is 84.6 Å². The Hall–Kier alpha value is -1.05. The first-order valence-electron chi connectivity index (χ1n) is 12.0. The van der Waals surface area contributed by atoms with Crippen LogP contribution in [0.2, 0.25) is 0 Å². The molecular weight excluding hydrogens is 386 g/mol. The maximum Gasteiger partial charge on any atom is 0.0428 e. The summed E-state index contributed by atoms with van der Waals surface area (Å²) in [5.41, 5.74) is 17.1. The number of aliphatic hydroxyl groups excluding tert-OH is 1. The molecule has 0 atom stereocenters. The Morgan fingerprint density at radius 3 is 1.94 bits per heavy atom. The first kappa shape index (κ1) is 34.6. The van der Waals surface area contributed by atoms with Crippen LogP contribution in [0.25, 0.3) is 0 Å². The van der Waals surface area contributed by atoms with E-state index in [0.29, 0.717) is 6.61 Å². The lowest BCUT2D eigenvalue weighted by atomic mass is 10.1. The second-order valence-corrected chi connectivity index (χ2v) is 7.52. The van der Waals surface area contributed by atoms with Crippen molar-refractivity contribution in [1.29, 1.82) is 0 Å². The van der Waals surface area contributed by atoms with Crippen molar-refractivity contribution in [2.24, 2.45) is 17.2 Å². The number of rotatable bonds is 10. The lowest BCUT2D eigenvalue weighted by Crippen LogP contribution is -2.33. The van der Waals surface area contributed by atoms with Crippen LogP contribution in [-0.2, 0) is 6.42 Å². The molecule has 1 aromatic rings. The number of hydrogen-bond donors (Lipinski definition) is 4. The highest BCUT2D eigenvalue weighted by Gasteiger charge is 2.07. The zero-order valence-electron chi connectivity index (χ0n) is 19.9. The molecule has 0 saturated carbocycles. The van der Waals surface area contributed by atoms with Gasteiger partial charge in [-0.1, -0.05) is 46.6 Å². The molecule has 0 unspecified atom stereocenters. The molecule has 1 saturated heterocycles. The van der Waals surface area contributed by atoms with E-state index in [9.17, 15) is 0 Å². The molecule has 186 valence electrons. The number of aliphatic hydroxyl groups is 1. The van der Waals surface area contributed by atoms with Crippen LogP contribution in [0, 0.1) is 0 Å². The van der Waals surface area contributed by atoms with Gasteiger partial charge in [-0.2, -0.15) is 0 Å². The van der Waals surface area contributed by atoms with E-state index in [0.717, 1.165) is 45.4 Å². The summed E-state index contributed by atoms with van der Waals surface area (Å²) < 4.78 is 0. The standard InChI is InChI=1S/C10H15N.C7H16N2.C4H12N2.C3H8O.CH4/c1-2-3-4-6-10-7-5-8-11-9-10;8-4-7-9-5-2-1-3-6-9;5-3-1-2-4-6;1-2-3-4;/h5,7-9H,2-4,6H2,1H3;1-8H2;1-6H2;4H,2-3H2,1H3;1H4. The molecule has 2 heterocycles. The average Bonchev–Trinajstić information content (AvgIpc) is 2.80. The van der Waals surface area contributed by atoms with Crippen molar-refractivity contribution < 1.29 is 5.11 Å². The predicted molar refractivity (Wildman–Crippen MR) is 138 cm³/mol. The molecule has 1 aromatic heterocycles. The van der Waals surface area contributed by atoms with Gasteiger partial charge in [0, 0.05) is 32.1 Å². The molecule has 31 heavy (non-hydrogen) atoms. The smallest absolute Gasteiger partial charge is 0.0428 e. The Labute approximate surface area is 194 Å². The highest BCUT2D eigenvalue weighted by atomic mass is 16.2. The van der Waals surface area contributed by atoms with Crippen molar-refractivity contribution >= 4 is 0 Å². The minimum Gasteiger partial charge on any atom is -0.396 e. The van der Waals surface area contributed by atoms with Crippen LogP contribution in [0.4, 0.5) is 0 Å². The summed E-state index contributed by atoms with van der Waals surface area (Å²) >= 11 is 0. The Balaban J connectivity index is -0.000000356. The Bertz CT molecular complexity index is 391. The summed E-state index contributed by atoms with van der Waals surface area (Å²) in [7, 11) is 0. The summed E-state index contributed by atoms with van der Waals surface area (Å²) in [5, 5.41) is 7.88. The van der Waals surface area contributed by atoms with Crippen LogP contribution in [0.3, 0.4) is 0 Å². The highest BCUT2D eigenvalue weighted by Crippen LogP contribution is 2.06. The van der Waals surface area contributed by atoms with Gasteiger partial charge < -0.3 is 27.2 Å². The third kappa shape index (κ3) is 28.9. The molecule has 6 heteroatoms. The normalized spacial score (nSPS) is 12.7. The lowest BCUT2D eigenvalue weighted by molar-refractivity contribution is 0.235. The molecule has 1 aliphatic heterocycles. The first-order valence-corrected chi connectivity index (χ1v) is 12.0. The van der Waals surface area contributed by atoms with E-state index < -0.39 is 0 Å². The van der Waals surface area contributed by atoms with Crippen molar-refractivity contribution in [1.82, 2.24) is 9.88 Å². The van der Waals surface area contributed by atoms with Gasteiger partial charge >= 0.3 is 0 Å². The number of unbranched alkanes of at least 4 members (excludes halogenated alkanes) is 3. The SMILES string of the molecule is C.CCCCCc1cccnc1.CCCO.NCCCCN.NCCN1CCCCC1. The Kier molecular flexibility index (Phi) is 34.7. The second-order valence-electron chi connectivity index (χ2n) is 7.52. The topological polar surface area (TPSA) is 114 Å². The third-order valence-electron chi connectivity index (χ3n) is 4.57. The molecule has 1 fully saturated rings. The summed E-state index contributed by atoms with van der Waals surface area (Å²) in [6.45, 7) is 10.5. The van der Waals surface area contributed by atoms with Gasteiger partial charge in [0.2, 0.25) is 0 Å². The maximum atomic E-state index is 7.88. The average molecular weight is 442 g/mol. The molecular formula is C25H55N5O. The van der Waals surface area contributed by atoms with Crippen LogP contribution < -0.4 is 17.2 Å². The number of likely N-dealkylation sites (tertiary alicyclic amines) is 1. The van der Waals surface area contributed by atoms with Crippen LogP contribution in [0.5, 0.6) is 0 Å². The van der Waals surface area contributed by atoms with E-state index >= 15 is 0 Å². The van der Waals surface area contributed by atoms with Gasteiger partial charge in [-0.3, -0.25) is 4.98 Å². The number of hydrogen-bond acceptors (Lipinski definition) is 6. The van der Waals surface area contributed by atoms with Gasteiger partial charge in [-0.05, 0) is 82.8 Å². The number of pyridine rings is 1. The van der Waals surface area contributed by atoms with Crippen molar-refractivity contribution in [3.63, 3.8) is 0 Å². The van der Waals surface area contributed by atoms with E-state index in [1.807, 2.05) is 25.4 Å². The van der Waals surface area contributed by atoms with Gasteiger partial charge in [0.25, 0.3) is 0 Å². The van der Waals surface area contributed by atoms with E-state index in [1.54, 1.807) is 0 Å². The summed E-state index contributed by atoms with van der Waals surface area (Å²) in [5.74, 6) is 0. The van der Waals surface area contributed by atoms with Gasteiger partial charge in [-0.15, -0.1) is 0 Å². The molecule has 0 amide bonds. The molecule has 1 aliphatic rings. The number of piperidine rings is 1. The Morgan fingerprint density at radius 1 is 0.903 bits per heavy atom. The summed E-state index contributed by atoms with van der Waals surface area (Å²) in [6, 6.07) is 4.14. The van der Waals surface area contributed by atoms with Crippen molar-refractivity contribution in [3.05, 3.63) is 30.1 Å².